The Labute approximate surface area is 148 Å². The van der Waals surface area contributed by atoms with Gasteiger partial charge >= 0.3 is 0 Å². The van der Waals surface area contributed by atoms with Crippen LogP contribution in [0.2, 0.25) is 0 Å². The van der Waals surface area contributed by atoms with Crippen LogP contribution in [0.5, 0.6) is 5.75 Å². The van der Waals surface area contributed by atoms with Crippen molar-refractivity contribution in [3.8, 4) is 5.75 Å². The summed E-state index contributed by atoms with van der Waals surface area (Å²) >= 11 is 1.74. The summed E-state index contributed by atoms with van der Waals surface area (Å²) in [5, 5.41) is 5.20. The number of hydrogen-bond donors (Lipinski definition) is 2. The molecule has 130 valence electrons. The lowest BCUT2D eigenvalue weighted by molar-refractivity contribution is 0.242. The van der Waals surface area contributed by atoms with Gasteiger partial charge in [-0.3, -0.25) is 4.99 Å². The van der Waals surface area contributed by atoms with E-state index in [1.54, 1.807) is 11.3 Å². The van der Waals surface area contributed by atoms with Crippen LogP contribution >= 0.6 is 11.3 Å². The van der Waals surface area contributed by atoms with E-state index in [2.05, 4.69) is 46.8 Å². The fourth-order valence-corrected chi connectivity index (χ4v) is 3.16. The average Bonchev–Trinajstić information content (AvgIpc) is 3.02. The Kier molecular flexibility index (Phi) is 6.63. The standard InChI is InChI=1S/C18H26N4OS/c1-13(2)23-15-9-7-14(8-10-15)21-18(19)20-12-16(22(3)4)17-6-5-11-24-17/h5-11,13,16H,12H2,1-4H3,(H3,19,20,21). The molecule has 24 heavy (non-hydrogen) atoms. The number of nitrogens with zero attached hydrogens (tertiary/aromatic N) is 2. The first-order chi connectivity index (χ1) is 11.5. The summed E-state index contributed by atoms with van der Waals surface area (Å²) in [4.78, 5) is 7.92. The summed E-state index contributed by atoms with van der Waals surface area (Å²) in [6.07, 6.45) is 0.163. The first-order valence-corrected chi connectivity index (χ1v) is 8.87. The molecule has 0 fully saturated rings. The van der Waals surface area contributed by atoms with Crippen molar-refractivity contribution >= 4 is 23.0 Å². The zero-order valence-corrected chi connectivity index (χ0v) is 15.5. The van der Waals surface area contributed by atoms with E-state index in [-0.39, 0.29) is 12.1 Å². The predicted molar refractivity (Wildman–Crippen MR) is 103 cm³/mol. The minimum atomic E-state index is 0.163. The van der Waals surface area contributed by atoms with Crippen LogP contribution in [0.3, 0.4) is 0 Å². The van der Waals surface area contributed by atoms with Gasteiger partial charge < -0.3 is 20.7 Å². The maximum Gasteiger partial charge on any atom is 0.193 e. The lowest BCUT2D eigenvalue weighted by Gasteiger charge is -2.21. The fourth-order valence-electron chi connectivity index (χ4n) is 2.25. The molecule has 2 rings (SSSR count). The van der Waals surface area contributed by atoms with Crippen LogP contribution in [0.4, 0.5) is 5.69 Å². The highest BCUT2D eigenvalue weighted by atomic mass is 32.1. The van der Waals surface area contributed by atoms with Gasteiger partial charge in [0.2, 0.25) is 0 Å². The third-order valence-corrected chi connectivity index (χ3v) is 4.40. The van der Waals surface area contributed by atoms with Crippen LogP contribution < -0.4 is 15.8 Å². The van der Waals surface area contributed by atoms with Crippen LogP contribution in [-0.2, 0) is 0 Å². The Morgan fingerprint density at radius 3 is 2.50 bits per heavy atom. The molecule has 3 N–H and O–H groups in total. The van der Waals surface area contributed by atoms with E-state index in [9.17, 15) is 0 Å². The molecule has 6 heteroatoms. The second-order valence-electron chi connectivity index (χ2n) is 6.04. The van der Waals surface area contributed by atoms with Gasteiger partial charge in [-0.1, -0.05) is 6.07 Å². The Balaban J connectivity index is 1.95. The van der Waals surface area contributed by atoms with Gasteiger partial charge in [-0.15, -0.1) is 11.3 Å². The van der Waals surface area contributed by atoms with Gasteiger partial charge in [0.25, 0.3) is 0 Å². The van der Waals surface area contributed by atoms with E-state index in [1.165, 1.54) is 4.88 Å². The fraction of sp³-hybridized carbons (Fsp3) is 0.389. The largest absolute Gasteiger partial charge is 0.491 e. The van der Waals surface area contributed by atoms with E-state index in [1.807, 2.05) is 38.1 Å². The molecule has 0 radical (unpaired) electrons. The molecule has 0 aliphatic rings. The SMILES string of the molecule is CC(C)Oc1ccc(NC(N)=NCC(c2cccs2)N(C)C)cc1. The molecule has 1 heterocycles. The molecule has 0 spiro atoms. The van der Waals surface area contributed by atoms with Crippen molar-refractivity contribution in [2.24, 2.45) is 10.7 Å². The van der Waals surface area contributed by atoms with Gasteiger partial charge in [-0.2, -0.15) is 0 Å². The van der Waals surface area contributed by atoms with Crippen LogP contribution in [-0.4, -0.2) is 37.6 Å². The molecule has 0 saturated heterocycles. The number of rotatable bonds is 7. The predicted octanol–water partition coefficient (Wildman–Crippen LogP) is 3.56. The summed E-state index contributed by atoms with van der Waals surface area (Å²) < 4.78 is 5.63. The number of likely N-dealkylation sites (N-methyl/N-ethyl adjacent to an activating group) is 1. The second kappa shape index (κ2) is 8.70. The number of ether oxygens (including phenoxy) is 1. The van der Waals surface area contributed by atoms with Crippen LogP contribution in [0, 0.1) is 0 Å². The number of aliphatic imine (C=N–C) groups is 1. The van der Waals surface area contributed by atoms with Crippen LogP contribution in [0.1, 0.15) is 24.8 Å². The number of nitrogens with one attached hydrogen (secondary N) is 1. The summed E-state index contributed by atoms with van der Waals surface area (Å²) in [5.74, 6) is 1.26. The zero-order valence-electron chi connectivity index (χ0n) is 14.7. The summed E-state index contributed by atoms with van der Waals surface area (Å²) in [6, 6.07) is 12.1. The summed E-state index contributed by atoms with van der Waals surface area (Å²) in [7, 11) is 4.11. The van der Waals surface area contributed by atoms with Crippen molar-refractivity contribution in [2.75, 3.05) is 26.0 Å². The average molecular weight is 347 g/mol. The number of hydrogen-bond acceptors (Lipinski definition) is 4. The van der Waals surface area contributed by atoms with Crippen molar-refractivity contribution in [1.29, 1.82) is 0 Å². The highest BCUT2D eigenvalue weighted by Gasteiger charge is 2.14. The molecule has 0 amide bonds. The highest BCUT2D eigenvalue weighted by Crippen LogP contribution is 2.23. The van der Waals surface area contributed by atoms with Gasteiger partial charge in [0.05, 0.1) is 18.7 Å². The smallest absolute Gasteiger partial charge is 0.193 e. The number of thiophene rings is 1. The molecule has 0 bridgehead atoms. The third kappa shape index (κ3) is 5.54. The van der Waals surface area contributed by atoms with Crippen molar-refractivity contribution in [3.63, 3.8) is 0 Å². The first kappa shape index (κ1) is 18.3. The molecule has 0 aliphatic heterocycles. The molecule has 2 aromatic rings. The van der Waals surface area contributed by atoms with Gasteiger partial charge in [-0.05, 0) is 63.7 Å². The Bertz CT molecular complexity index is 636. The van der Waals surface area contributed by atoms with Crippen molar-refractivity contribution in [1.82, 2.24) is 4.90 Å². The third-order valence-electron chi connectivity index (χ3n) is 3.43. The van der Waals surface area contributed by atoms with Crippen molar-refractivity contribution in [2.45, 2.75) is 26.0 Å². The lowest BCUT2D eigenvalue weighted by atomic mass is 10.2. The van der Waals surface area contributed by atoms with Gasteiger partial charge in [-0.25, -0.2) is 0 Å². The van der Waals surface area contributed by atoms with Gasteiger partial charge in [0, 0.05) is 10.6 Å². The number of guanidine groups is 1. The monoisotopic (exact) mass is 346 g/mol. The molecule has 5 nitrogen and oxygen atoms in total. The van der Waals surface area contributed by atoms with Crippen LogP contribution in [0.25, 0.3) is 0 Å². The molecule has 1 unspecified atom stereocenters. The minimum absolute atomic E-state index is 0.163. The molecular weight excluding hydrogens is 320 g/mol. The van der Waals surface area contributed by atoms with E-state index < -0.39 is 0 Å². The number of anilines is 1. The van der Waals surface area contributed by atoms with Gasteiger partial charge in [0.15, 0.2) is 5.96 Å². The Hall–Kier alpha value is -2.05. The van der Waals surface area contributed by atoms with E-state index in [0.717, 1.165) is 11.4 Å². The minimum Gasteiger partial charge on any atom is -0.491 e. The normalized spacial score (nSPS) is 13.3. The molecule has 0 saturated carbocycles. The molecule has 1 atom stereocenters. The summed E-state index contributed by atoms with van der Waals surface area (Å²) in [6.45, 7) is 4.62. The van der Waals surface area contributed by atoms with E-state index in [0.29, 0.717) is 12.5 Å². The maximum absolute atomic E-state index is 6.02. The maximum atomic E-state index is 6.02. The Morgan fingerprint density at radius 2 is 1.96 bits per heavy atom. The number of benzene rings is 1. The van der Waals surface area contributed by atoms with Crippen LogP contribution in [0.15, 0.2) is 46.8 Å². The van der Waals surface area contributed by atoms with E-state index >= 15 is 0 Å². The lowest BCUT2D eigenvalue weighted by Crippen LogP contribution is -2.26. The topological polar surface area (TPSA) is 62.9 Å². The second-order valence-corrected chi connectivity index (χ2v) is 7.02. The molecule has 1 aromatic heterocycles. The number of nitrogens with two attached hydrogens (primary N) is 1. The van der Waals surface area contributed by atoms with Gasteiger partial charge in [0.1, 0.15) is 5.75 Å². The molecule has 1 aromatic carbocycles. The Morgan fingerprint density at radius 1 is 1.25 bits per heavy atom. The molecule has 0 aliphatic carbocycles. The zero-order chi connectivity index (χ0) is 17.5. The quantitative estimate of drug-likeness (QED) is 0.594. The summed E-state index contributed by atoms with van der Waals surface area (Å²) in [5.41, 5.74) is 6.91. The van der Waals surface area contributed by atoms with E-state index in [4.69, 9.17) is 10.5 Å². The van der Waals surface area contributed by atoms with Crippen molar-refractivity contribution < 1.29 is 4.74 Å². The molecular formula is C18H26N4OS. The first-order valence-electron chi connectivity index (χ1n) is 7.99. The highest BCUT2D eigenvalue weighted by molar-refractivity contribution is 7.10. The van der Waals surface area contributed by atoms with Crippen molar-refractivity contribution in [3.05, 3.63) is 46.7 Å².